The monoisotopic (exact) mass is 502 g/mol. The van der Waals surface area contributed by atoms with Crippen molar-refractivity contribution in [1.82, 2.24) is 4.13 Å². The molecule has 0 amide bonds. The fourth-order valence-corrected chi connectivity index (χ4v) is 6.83. The van der Waals surface area contributed by atoms with Gasteiger partial charge < -0.3 is 9.47 Å². The number of rotatable bonds is 8. The van der Waals surface area contributed by atoms with Crippen LogP contribution in [0.1, 0.15) is 0 Å². The lowest BCUT2D eigenvalue weighted by Crippen LogP contribution is -2.41. The van der Waals surface area contributed by atoms with Crippen molar-refractivity contribution in [3.8, 4) is 5.75 Å². The summed E-state index contributed by atoms with van der Waals surface area (Å²) in [7, 11) is -11.3. The van der Waals surface area contributed by atoms with Crippen molar-refractivity contribution in [1.29, 1.82) is 0 Å². The van der Waals surface area contributed by atoms with E-state index in [0.717, 1.165) is 22.3 Å². The highest BCUT2D eigenvalue weighted by Gasteiger charge is 2.48. The van der Waals surface area contributed by atoms with E-state index in [1.54, 1.807) is 6.07 Å². The van der Waals surface area contributed by atoms with Crippen LogP contribution in [0.25, 0.3) is 10.8 Å². The van der Waals surface area contributed by atoms with Crippen molar-refractivity contribution in [3.05, 3.63) is 36.4 Å². The Morgan fingerprint density at radius 1 is 0.968 bits per heavy atom. The number of hydrogen-bond acceptors (Lipinski definition) is 7. The van der Waals surface area contributed by atoms with Crippen molar-refractivity contribution in [2.45, 2.75) is 10.4 Å². The van der Waals surface area contributed by atoms with Crippen LogP contribution in [0.2, 0.25) is 0 Å². The molecular weight excluding hydrogens is 483 g/mol. The Labute approximate surface area is 180 Å². The highest BCUT2D eigenvalue weighted by Crippen LogP contribution is 2.33. The maximum Gasteiger partial charge on any atom is 0.512 e. The molecule has 0 atom stereocenters. The first-order chi connectivity index (χ1) is 14.5. The third-order valence-corrected chi connectivity index (χ3v) is 9.28. The van der Waals surface area contributed by atoms with E-state index in [9.17, 15) is 30.0 Å². The predicted octanol–water partition coefficient (Wildman–Crippen LogP) is 1.93. The van der Waals surface area contributed by atoms with Gasteiger partial charge in [0.25, 0.3) is 0 Å². The Morgan fingerprint density at radius 2 is 1.61 bits per heavy atom. The number of halogens is 3. The van der Waals surface area contributed by atoms with E-state index >= 15 is 0 Å². The number of fused-ring (bicyclic) bond motifs is 1. The number of benzene rings is 2. The van der Waals surface area contributed by atoms with Crippen molar-refractivity contribution < 1.29 is 43.7 Å². The quantitative estimate of drug-likeness (QED) is 0.434. The molecule has 0 spiro atoms. The first kappa shape index (κ1) is 24.1. The van der Waals surface area contributed by atoms with Gasteiger partial charge in [-0.1, -0.05) is 22.3 Å². The third-order valence-electron chi connectivity index (χ3n) is 4.20. The van der Waals surface area contributed by atoms with Gasteiger partial charge >= 0.3 is 25.8 Å². The van der Waals surface area contributed by atoms with Crippen LogP contribution >= 0.6 is 0 Å². The van der Waals surface area contributed by atoms with Gasteiger partial charge in [0.2, 0.25) is 0 Å². The molecule has 0 unspecified atom stereocenters. The molecule has 1 saturated heterocycles. The summed E-state index contributed by atoms with van der Waals surface area (Å²) >= 11 is 0. The molecule has 0 bridgehead atoms. The molecular formula is C17H19F3NO7S3+. The van der Waals surface area contributed by atoms with Gasteiger partial charge in [0.05, 0.1) is 13.2 Å². The number of nitrogens with one attached hydrogen (secondary N) is 1. The maximum absolute atomic E-state index is 12.3. The van der Waals surface area contributed by atoms with E-state index in [-0.39, 0.29) is 17.5 Å². The van der Waals surface area contributed by atoms with E-state index in [1.165, 1.54) is 4.90 Å². The lowest BCUT2D eigenvalue weighted by Gasteiger charge is -2.17. The van der Waals surface area contributed by atoms with E-state index in [2.05, 4.69) is 4.18 Å². The SMILES string of the molecule is O=S(=O)(NS(=O)(=O)C(F)(F)F)OCCOc1ccc([S+]2CCOCC2)c2ccccc12. The second-order valence-electron chi connectivity index (χ2n) is 6.28. The van der Waals surface area contributed by atoms with Crippen LogP contribution in [0, 0.1) is 0 Å². The van der Waals surface area contributed by atoms with E-state index in [0.29, 0.717) is 23.1 Å². The molecule has 1 aliphatic rings. The van der Waals surface area contributed by atoms with Gasteiger partial charge in [-0.05, 0) is 18.2 Å². The van der Waals surface area contributed by atoms with Gasteiger partial charge in [-0.3, -0.25) is 4.18 Å². The Hall–Kier alpha value is -1.58. The second kappa shape index (κ2) is 9.50. The highest BCUT2D eigenvalue weighted by molar-refractivity contribution is 8.03. The fraction of sp³-hybridized carbons (Fsp3) is 0.412. The lowest BCUT2D eigenvalue weighted by molar-refractivity contribution is -0.0442. The van der Waals surface area contributed by atoms with Gasteiger partial charge in [-0.25, -0.2) is 8.42 Å². The molecule has 3 rings (SSSR count). The van der Waals surface area contributed by atoms with Crippen molar-refractivity contribution in [2.24, 2.45) is 0 Å². The summed E-state index contributed by atoms with van der Waals surface area (Å²) in [6, 6.07) is 11.2. The number of alkyl halides is 3. The molecule has 0 radical (unpaired) electrons. The molecule has 0 saturated carbocycles. The molecule has 0 aromatic heterocycles. The average molecular weight is 503 g/mol. The first-order valence-electron chi connectivity index (χ1n) is 8.89. The second-order valence-corrected chi connectivity index (χ2v) is 11.8. The molecule has 31 heavy (non-hydrogen) atoms. The van der Waals surface area contributed by atoms with Crippen LogP contribution in [0.4, 0.5) is 13.2 Å². The molecule has 0 aliphatic carbocycles. The van der Waals surface area contributed by atoms with Crippen LogP contribution in [-0.4, -0.2) is 60.3 Å². The van der Waals surface area contributed by atoms with Crippen molar-refractivity contribution in [2.75, 3.05) is 37.9 Å². The van der Waals surface area contributed by atoms with Crippen LogP contribution in [0.15, 0.2) is 41.3 Å². The normalized spacial score (nSPS) is 16.5. The van der Waals surface area contributed by atoms with Gasteiger partial charge in [0.15, 0.2) is 4.90 Å². The maximum atomic E-state index is 12.3. The number of ether oxygens (including phenoxy) is 2. The molecule has 2 aromatic carbocycles. The van der Waals surface area contributed by atoms with Crippen LogP contribution in [0.3, 0.4) is 0 Å². The smallest absolute Gasteiger partial charge is 0.490 e. The molecule has 1 heterocycles. The fourth-order valence-electron chi connectivity index (χ4n) is 2.87. The van der Waals surface area contributed by atoms with E-state index in [1.807, 2.05) is 30.3 Å². The summed E-state index contributed by atoms with van der Waals surface area (Å²) in [4.78, 5) is 1.17. The Balaban J connectivity index is 1.65. The molecule has 14 heteroatoms. The molecule has 8 nitrogen and oxygen atoms in total. The van der Waals surface area contributed by atoms with Gasteiger partial charge in [0.1, 0.15) is 30.5 Å². The Bertz CT molecular complexity index is 1130. The minimum atomic E-state index is -6.10. The summed E-state index contributed by atoms with van der Waals surface area (Å²) in [6.45, 7) is 0.357. The molecule has 2 aromatic rings. The van der Waals surface area contributed by atoms with Crippen LogP contribution in [-0.2, 0) is 40.1 Å². The highest BCUT2D eigenvalue weighted by atomic mass is 32.3. The topological polar surface area (TPSA) is 108 Å². The zero-order valence-corrected chi connectivity index (χ0v) is 18.4. The molecule has 1 N–H and O–H groups in total. The third kappa shape index (κ3) is 6.02. The van der Waals surface area contributed by atoms with E-state index < -0.39 is 32.4 Å². The van der Waals surface area contributed by atoms with Gasteiger partial charge in [-0.2, -0.15) is 21.6 Å². The zero-order chi connectivity index (χ0) is 22.7. The summed E-state index contributed by atoms with van der Waals surface area (Å²) in [5.74, 6) is 2.28. The largest absolute Gasteiger partial charge is 0.512 e. The summed E-state index contributed by atoms with van der Waals surface area (Å²) in [6.07, 6.45) is 0. The van der Waals surface area contributed by atoms with E-state index in [4.69, 9.17) is 9.47 Å². The summed E-state index contributed by atoms with van der Waals surface area (Å²) in [5, 5.41) is 1.77. The van der Waals surface area contributed by atoms with Crippen LogP contribution < -0.4 is 8.86 Å². The predicted molar refractivity (Wildman–Crippen MR) is 109 cm³/mol. The average Bonchev–Trinajstić information content (AvgIpc) is 2.70. The van der Waals surface area contributed by atoms with Gasteiger partial charge in [-0.15, -0.1) is 0 Å². The van der Waals surface area contributed by atoms with Gasteiger partial charge in [0, 0.05) is 21.7 Å². The Morgan fingerprint density at radius 3 is 2.26 bits per heavy atom. The number of hydrogen-bond donors (Lipinski definition) is 1. The molecule has 1 aliphatic heterocycles. The number of sulfonamides is 1. The van der Waals surface area contributed by atoms with Crippen molar-refractivity contribution >= 4 is 42.0 Å². The first-order valence-corrected chi connectivity index (χ1v) is 13.3. The van der Waals surface area contributed by atoms with Crippen molar-refractivity contribution in [3.63, 3.8) is 0 Å². The van der Waals surface area contributed by atoms with Crippen LogP contribution in [0.5, 0.6) is 5.75 Å². The minimum Gasteiger partial charge on any atom is -0.490 e. The minimum absolute atomic E-state index is 0.0312. The standard InChI is InChI=1S/C17H19F3NO7S3/c18-17(19,20)30(22,23)21-31(24,25)28-8-7-27-15-5-6-16(29-11-9-26-10-12-29)14-4-2-1-3-13(14)15/h1-6,21H,7-12H2/q+1. The zero-order valence-electron chi connectivity index (χ0n) is 15.9. The Kier molecular flexibility index (Phi) is 7.38. The molecule has 1 fully saturated rings. The summed E-state index contributed by atoms with van der Waals surface area (Å²) in [5.41, 5.74) is -5.79. The summed E-state index contributed by atoms with van der Waals surface area (Å²) < 4.78 is 97.3. The lowest BCUT2D eigenvalue weighted by atomic mass is 10.1. The molecule has 172 valence electrons.